The zero-order chi connectivity index (χ0) is 15.4. The highest BCUT2D eigenvalue weighted by atomic mass is 127. The fourth-order valence-electron chi connectivity index (χ4n) is 2.40. The summed E-state index contributed by atoms with van der Waals surface area (Å²) >= 11 is 8.45. The SMILES string of the molecule is CCNC(Cc1cc(F)ccc1C)c1cc(Cl)ccc1I. The lowest BCUT2D eigenvalue weighted by atomic mass is 9.96. The Labute approximate surface area is 144 Å². The van der Waals surface area contributed by atoms with E-state index in [0.717, 1.165) is 38.2 Å². The second kappa shape index (κ2) is 7.56. The minimum absolute atomic E-state index is 0.126. The molecule has 1 nitrogen and oxygen atoms in total. The molecule has 0 aromatic heterocycles. The molecule has 0 bridgehead atoms. The van der Waals surface area contributed by atoms with Crippen molar-refractivity contribution in [3.05, 3.63) is 67.5 Å². The Morgan fingerprint density at radius 2 is 2.00 bits per heavy atom. The minimum atomic E-state index is -0.188. The first kappa shape index (κ1) is 16.7. The van der Waals surface area contributed by atoms with Gasteiger partial charge in [-0.2, -0.15) is 0 Å². The molecule has 2 aromatic rings. The summed E-state index contributed by atoms with van der Waals surface area (Å²) in [6.45, 7) is 4.94. The van der Waals surface area contributed by atoms with Gasteiger partial charge in [0.2, 0.25) is 0 Å². The Morgan fingerprint density at radius 3 is 2.71 bits per heavy atom. The molecule has 0 radical (unpaired) electrons. The van der Waals surface area contributed by atoms with Crippen LogP contribution in [0.4, 0.5) is 4.39 Å². The largest absolute Gasteiger partial charge is 0.310 e. The molecule has 21 heavy (non-hydrogen) atoms. The average Bonchev–Trinajstić information content (AvgIpc) is 2.45. The summed E-state index contributed by atoms with van der Waals surface area (Å²) in [6.07, 6.45) is 0.744. The fourth-order valence-corrected chi connectivity index (χ4v) is 3.29. The van der Waals surface area contributed by atoms with Gasteiger partial charge in [-0.3, -0.25) is 0 Å². The Hall–Kier alpha value is -0.650. The third-order valence-electron chi connectivity index (χ3n) is 3.52. The zero-order valence-corrected chi connectivity index (χ0v) is 15.0. The first-order valence-corrected chi connectivity index (χ1v) is 8.40. The Morgan fingerprint density at radius 1 is 1.24 bits per heavy atom. The van der Waals surface area contributed by atoms with Crippen molar-refractivity contribution in [1.82, 2.24) is 5.32 Å². The van der Waals surface area contributed by atoms with E-state index in [1.165, 1.54) is 6.07 Å². The maximum Gasteiger partial charge on any atom is 0.123 e. The number of likely N-dealkylation sites (N-methyl/N-ethyl adjacent to an activating group) is 1. The van der Waals surface area contributed by atoms with Gasteiger partial charge in [0.1, 0.15) is 5.82 Å². The van der Waals surface area contributed by atoms with Crippen LogP contribution in [0, 0.1) is 16.3 Å². The normalized spacial score (nSPS) is 12.4. The number of halogens is 3. The van der Waals surface area contributed by atoms with Gasteiger partial charge in [-0.25, -0.2) is 4.39 Å². The van der Waals surface area contributed by atoms with Crippen LogP contribution in [0.3, 0.4) is 0 Å². The second-order valence-corrected chi connectivity index (χ2v) is 6.65. The number of aryl methyl sites for hydroxylation is 1. The van der Waals surface area contributed by atoms with Crippen molar-refractivity contribution in [2.75, 3.05) is 6.54 Å². The molecule has 1 unspecified atom stereocenters. The van der Waals surface area contributed by atoms with Crippen LogP contribution in [0.15, 0.2) is 36.4 Å². The van der Waals surface area contributed by atoms with E-state index < -0.39 is 0 Å². The quantitative estimate of drug-likeness (QED) is 0.652. The fraction of sp³-hybridized carbons (Fsp3) is 0.294. The van der Waals surface area contributed by atoms with Gasteiger partial charge in [-0.05, 0) is 89.5 Å². The number of hydrogen-bond donors (Lipinski definition) is 1. The van der Waals surface area contributed by atoms with E-state index in [2.05, 4.69) is 34.8 Å². The Bertz CT molecular complexity index is 630. The van der Waals surface area contributed by atoms with Gasteiger partial charge in [-0.15, -0.1) is 0 Å². The van der Waals surface area contributed by atoms with E-state index in [1.807, 2.05) is 31.2 Å². The van der Waals surface area contributed by atoms with Crippen molar-refractivity contribution >= 4 is 34.2 Å². The van der Waals surface area contributed by atoms with Crippen molar-refractivity contribution in [3.63, 3.8) is 0 Å². The van der Waals surface area contributed by atoms with E-state index in [0.29, 0.717) is 0 Å². The minimum Gasteiger partial charge on any atom is -0.310 e. The van der Waals surface area contributed by atoms with Crippen LogP contribution in [0.1, 0.15) is 29.7 Å². The summed E-state index contributed by atoms with van der Waals surface area (Å²) in [5.74, 6) is -0.188. The van der Waals surface area contributed by atoms with Crippen molar-refractivity contribution in [1.29, 1.82) is 0 Å². The van der Waals surface area contributed by atoms with Crippen LogP contribution >= 0.6 is 34.2 Å². The Kier molecular flexibility index (Phi) is 6.02. The van der Waals surface area contributed by atoms with Gasteiger partial charge in [0, 0.05) is 14.6 Å². The molecular weight excluding hydrogens is 400 g/mol. The van der Waals surface area contributed by atoms with Crippen molar-refractivity contribution < 1.29 is 4.39 Å². The molecule has 0 aliphatic rings. The summed E-state index contributed by atoms with van der Waals surface area (Å²) in [5.41, 5.74) is 3.29. The molecule has 0 saturated carbocycles. The first-order chi connectivity index (χ1) is 10.0. The molecule has 0 saturated heterocycles. The smallest absolute Gasteiger partial charge is 0.123 e. The van der Waals surface area contributed by atoms with E-state index in [9.17, 15) is 4.39 Å². The number of hydrogen-bond acceptors (Lipinski definition) is 1. The number of nitrogens with one attached hydrogen (secondary N) is 1. The average molecular weight is 418 g/mol. The number of rotatable bonds is 5. The second-order valence-electron chi connectivity index (χ2n) is 5.05. The Balaban J connectivity index is 2.35. The maximum absolute atomic E-state index is 13.5. The standard InChI is InChI=1S/C17H18ClFIN/c1-3-21-17(15-10-13(18)5-7-16(15)20)9-12-8-14(19)6-4-11(12)2/h4-8,10,17,21H,3,9H2,1-2H3. The summed E-state index contributed by atoms with van der Waals surface area (Å²) in [4.78, 5) is 0. The lowest BCUT2D eigenvalue weighted by Crippen LogP contribution is -2.24. The van der Waals surface area contributed by atoms with Crippen LogP contribution < -0.4 is 5.32 Å². The zero-order valence-electron chi connectivity index (χ0n) is 12.1. The molecule has 0 spiro atoms. The first-order valence-electron chi connectivity index (χ1n) is 6.94. The van der Waals surface area contributed by atoms with E-state index in [-0.39, 0.29) is 11.9 Å². The van der Waals surface area contributed by atoms with Crippen molar-refractivity contribution in [3.8, 4) is 0 Å². The van der Waals surface area contributed by atoms with Crippen LogP contribution in [0.25, 0.3) is 0 Å². The molecule has 0 aliphatic carbocycles. The summed E-state index contributed by atoms with van der Waals surface area (Å²) in [5, 5.41) is 4.20. The van der Waals surface area contributed by atoms with Gasteiger partial charge in [0.15, 0.2) is 0 Å². The highest BCUT2D eigenvalue weighted by Crippen LogP contribution is 2.27. The van der Waals surface area contributed by atoms with Gasteiger partial charge < -0.3 is 5.32 Å². The molecule has 0 amide bonds. The molecule has 1 atom stereocenters. The summed E-state index contributed by atoms with van der Waals surface area (Å²) < 4.78 is 14.7. The summed E-state index contributed by atoms with van der Waals surface area (Å²) in [7, 11) is 0. The highest BCUT2D eigenvalue weighted by molar-refractivity contribution is 14.1. The lowest BCUT2D eigenvalue weighted by molar-refractivity contribution is 0.543. The predicted molar refractivity (Wildman–Crippen MR) is 95.4 cm³/mol. The van der Waals surface area contributed by atoms with Crippen LogP contribution in [-0.4, -0.2) is 6.54 Å². The molecule has 112 valence electrons. The molecular formula is C17H18ClFIN. The van der Waals surface area contributed by atoms with Crippen molar-refractivity contribution in [2.24, 2.45) is 0 Å². The molecule has 0 heterocycles. The molecule has 4 heteroatoms. The summed E-state index contributed by atoms with van der Waals surface area (Å²) in [6, 6.07) is 11.0. The van der Waals surface area contributed by atoms with Crippen LogP contribution in [-0.2, 0) is 6.42 Å². The van der Waals surface area contributed by atoms with E-state index >= 15 is 0 Å². The van der Waals surface area contributed by atoms with Crippen LogP contribution in [0.2, 0.25) is 5.02 Å². The molecule has 2 rings (SSSR count). The van der Waals surface area contributed by atoms with Gasteiger partial charge >= 0.3 is 0 Å². The van der Waals surface area contributed by atoms with Gasteiger partial charge in [0.25, 0.3) is 0 Å². The third kappa shape index (κ3) is 4.41. The van der Waals surface area contributed by atoms with E-state index in [1.54, 1.807) is 6.07 Å². The molecule has 0 fully saturated rings. The van der Waals surface area contributed by atoms with Gasteiger partial charge in [-0.1, -0.05) is 24.6 Å². The maximum atomic E-state index is 13.5. The monoisotopic (exact) mass is 417 g/mol. The highest BCUT2D eigenvalue weighted by Gasteiger charge is 2.16. The lowest BCUT2D eigenvalue weighted by Gasteiger charge is -2.21. The predicted octanol–water partition coefficient (Wildman–Crippen LogP) is 5.29. The molecule has 1 N–H and O–H groups in total. The topological polar surface area (TPSA) is 12.0 Å². The third-order valence-corrected chi connectivity index (χ3v) is 4.74. The van der Waals surface area contributed by atoms with Gasteiger partial charge in [0.05, 0.1) is 0 Å². The molecule has 2 aromatic carbocycles. The van der Waals surface area contributed by atoms with Crippen molar-refractivity contribution in [2.45, 2.75) is 26.3 Å². The molecule has 0 aliphatic heterocycles. The number of benzene rings is 2. The van der Waals surface area contributed by atoms with E-state index in [4.69, 9.17) is 11.6 Å². The van der Waals surface area contributed by atoms with Crippen LogP contribution in [0.5, 0.6) is 0 Å².